The molecule has 0 aromatic heterocycles. The molecular weight excluding hydrogens is 358 g/mol. The van der Waals surface area contributed by atoms with Gasteiger partial charge in [0.15, 0.2) is 0 Å². The summed E-state index contributed by atoms with van der Waals surface area (Å²) in [6, 6.07) is 25.6. The van der Waals surface area contributed by atoms with Crippen LogP contribution in [0.2, 0.25) is 5.02 Å². The van der Waals surface area contributed by atoms with Gasteiger partial charge in [-0.15, -0.1) is 11.8 Å². The first-order valence-corrected chi connectivity index (χ1v) is 10.2. The average Bonchev–Trinajstić information content (AvgIpc) is 2.85. The lowest BCUT2D eigenvalue weighted by atomic mass is 9.78. The van der Waals surface area contributed by atoms with Gasteiger partial charge in [-0.25, -0.2) is 0 Å². The van der Waals surface area contributed by atoms with Gasteiger partial charge in [0, 0.05) is 21.1 Å². The molecule has 0 N–H and O–H groups in total. The maximum atomic E-state index is 6.14. The van der Waals surface area contributed by atoms with Crippen LogP contribution in [0.1, 0.15) is 28.4 Å². The molecule has 0 spiro atoms. The molecule has 0 fully saturated rings. The van der Waals surface area contributed by atoms with Crippen molar-refractivity contribution < 1.29 is 0 Å². The van der Waals surface area contributed by atoms with Crippen LogP contribution in [0.3, 0.4) is 0 Å². The van der Waals surface area contributed by atoms with Gasteiger partial charge in [-0.05, 0) is 53.8 Å². The highest BCUT2D eigenvalue weighted by Crippen LogP contribution is 2.51. The van der Waals surface area contributed by atoms with Crippen molar-refractivity contribution in [2.24, 2.45) is 10.9 Å². The van der Waals surface area contributed by atoms with E-state index in [2.05, 4.69) is 60.7 Å². The van der Waals surface area contributed by atoms with Gasteiger partial charge in [-0.3, -0.25) is 4.99 Å². The van der Waals surface area contributed by atoms with E-state index in [-0.39, 0.29) is 0 Å². The Bertz CT molecular complexity index is 993. The van der Waals surface area contributed by atoms with E-state index in [1.807, 2.05) is 23.9 Å². The normalized spacial score (nSPS) is 21.0. The largest absolute Gasteiger partial charge is 0.251 e. The van der Waals surface area contributed by atoms with Crippen molar-refractivity contribution in [1.82, 2.24) is 0 Å². The highest BCUT2D eigenvalue weighted by molar-refractivity contribution is 7.99. The number of hydrogen-bond acceptors (Lipinski definition) is 2. The smallest absolute Gasteiger partial charge is 0.0769 e. The molecular formula is C23H18ClNS. The van der Waals surface area contributed by atoms with Crippen LogP contribution in [0, 0.1) is 5.92 Å². The van der Waals surface area contributed by atoms with Crippen LogP contribution in [0.5, 0.6) is 0 Å². The van der Waals surface area contributed by atoms with Crippen LogP contribution in [-0.2, 0) is 6.42 Å². The highest BCUT2D eigenvalue weighted by atomic mass is 35.5. The second-order valence-corrected chi connectivity index (χ2v) is 8.48. The van der Waals surface area contributed by atoms with Crippen molar-refractivity contribution in [3.05, 3.63) is 94.5 Å². The monoisotopic (exact) mass is 375 g/mol. The minimum atomic E-state index is 0.350. The fourth-order valence-electron chi connectivity index (χ4n) is 4.02. The first-order chi connectivity index (χ1) is 12.8. The standard InChI is InChI=1S/C23H18ClNS/c24-17-12-9-16(10-13-17)23-19-14-11-15-5-1-2-6-18(15)22(19)25-20-7-3-4-8-21(20)26-23/h1-10,12-13,19,23H,11,14H2/t19-,23-/m0/s1. The molecule has 1 aliphatic heterocycles. The van der Waals surface area contributed by atoms with E-state index in [1.54, 1.807) is 0 Å². The first-order valence-electron chi connectivity index (χ1n) is 8.97. The molecule has 3 heteroatoms. The molecule has 0 amide bonds. The summed E-state index contributed by atoms with van der Waals surface area (Å²) >= 11 is 8.08. The van der Waals surface area contributed by atoms with Crippen molar-refractivity contribution in [3.63, 3.8) is 0 Å². The van der Waals surface area contributed by atoms with Crippen molar-refractivity contribution in [3.8, 4) is 0 Å². The Hall–Kier alpha value is -2.03. The number of nitrogens with zero attached hydrogens (tertiary/aromatic N) is 1. The molecule has 2 aliphatic rings. The molecule has 0 radical (unpaired) electrons. The van der Waals surface area contributed by atoms with E-state index in [4.69, 9.17) is 16.6 Å². The zero-order chi connectivity index (χ0) is 17.5. The van der Waals surface area contributed by atoms with Gasteiger partial charge in [-0.2, -0.15) is 0 Å². The molecule has 3 aromatic rings. The third-order valence-electron chi connectivity index (χ3n) is 5.29. The summed E-state index contributed by atoms with van der Waals surface area (Å²) in [5.41, 5.74) is 6.39. The van der Waals surface area contributed by atoms with Crippen molar-refractivity contribution in [2.75, 3.05) is 0 Å². The van der Waals surface area contributed by atoms with Crippen LogP contribution in [0.15, 0.2) is 82.7 Å². The minimum Gasteiger partial charge on any atom is -0.251 e. The maximum Gasteiger partial charge on any atom is 0.0769 e. The third kappa shape index (κ3) is 2.78. The Morgan fingerprint density at radius 2 is 1.65 bits per heavy atom. The number of aliphatic imine (C=N–C) groups is 1. The number of aryl methyl sites for hydroxylation is 1. The maximum absolute atomic E-state index is 6.14. The van der Waals surface area contributed by atoms with Crippen molar-refractivity contribution in [2.45, 2.75) is 23.0 Å². The molecule has 0 saturated carbocycles. The number of benzene rings is 3. The van der Waals surface area contributed by atoms with E-state index < -0.39 is 0 Å². The summed E-state index contributed by atoms with van der Waals surface area (Å²) in [6.07, 6.45) is 2.24. The van der Waals surface area contributed by atoms with E-state index in [1.165, 1.54) is 27.3 Å². The summed E-state index contributed by atoms with van der Waals surface area (Å²) in [5, 5.41) is 1.14. The second kappa shape index (κ2) is 6.61. The van der Waals surface area contributed by atoms with Crippen LogP contribution >= 0.6 is 23.4 Å². The van der Waals surface area contributed by atoms with Gasteiger partial charge >= 0.3 is 0 Å². The lowest BCUT2D eigenvalue weighted by molar-refractivity contribution is 0.597. The number of rotatable bonds is 1. The summed E-state index contributed by atoms with van der Waals surface area (Å²) in [7, 11) is 0. The SMILES string of the molecule is Clc1ccc([C@@H]2Sc3ccccc3N=C3c4ccccc4CC[C@@H]32)cc1. The van der Waals surface area contributed by atoms with E-state index in [9.17, 15) is 0 Å². The number of thioether (sulfide) groups is 1. The Kier molecular flexibility index (Phi) is 4.11. The number of fused-ring (bicyclic) bond motifs is 4. The quantitative estimate of drug-likeness (QED) is 0.452. The molecule has 5 rings (SSSR count). The van der Waals surface area contributed by atoms with Crippen LogP contribution in [-0.4, -0.2) is 5.71 Å². The van der Waals surface area contributed by atoms with E-state index >= 15 is 0 Å². The predicted octanol–water partition coefficient (Wildman–Crippen LogP) is 6.87. The Morgan fingerprint density at radius 3 is 2.54 bits per heavy atom. The molecule has 128 valence electrons. The van der Waals surface area contributed by atoms with E-state index in [0.29, 0.717) is 11.2 Å². The summed E-state index contributed by atoms with van der Waals surface area (Å²) in [4.78, 5) is 6.42. The van der Waals surface area contributed by atoms with Gasteiger partial charge in [-0.1, -0.05) is 60.1 Å². The van der Waals surface area contributed by atoms with Gasteiger partial charge < -0.3 is 0 Å². The Morgan fingerprint density at radius 1 is 0.885 bits per heavy atom. The highest BCUT2D eigenvalue weighted by Gasteiger charge is 2.35. The first kappa shape index (κ1) is 16.2. The molecule has 0 unspecified atom stereocenters. The van der Waals surface area contributed by atoms with Crippen LogP contribution < -0.4 is 0 Å². The zero-order valence-corrected chi connectivity index (χ0v) is 15.8. The van der Waals surface area contributed by atoms with Gasteiger partial charge in [0.25, 0.3) is 0 Å². The summed E-state index contributed by atoms with van der Waals surface area (Å²) in [6.45, 7) is 0. The molecule has 1 aliphatic carbocycles. The lowest BCUT2D eigenvalue weighted by Gasteiger charge is -2.31. The van der Waals surface area contributed by atoms with E-state index in [0.717, 1.165) is 23.6 Å². The predicted molar refractivity (Wildman–Crippen MR) is 111 cm³/mol. The molecule has 1 heterocycles. The molecule has 3 aromatic carbocycles. The third-order valence-corrected chi connectivity index (χ3v) is 7.00. The fourth-order valence-corrected chi connectivity index (χ4v) is 5.54. The number of para-hydroxylation sites is 1. The van der Waals surface area contributed by atoms with Crippen molar-refractivity contribution in [1.29, 1.82) is 0 Å². The molecule has 0 bridgehead atoms. The lowest BCUT2D eigenvalue weighted by Crippen LogP contribution is -2.27. The number of halogens is 1. The molecule has 26 heavy (non-hydrogen) atoms. The molecule has 2 atom stereocenters. The Labute approximate surface area is 163 Å². The van der Waals surface area contributed by atoms with Crippen molar-refractivity contribution >= 4 is 34.8 Å². The summed E-state index contributed by atoms with van der Waals surface area (Å²) < 4.78 is 0. The van der Waals surface area contributed by atoms with Crippen LogP contribution in [0.4, 0.5) is 5.69 Å². The number of hydrogen-bond donors (Lipinski definition) is 0. The van der Waals surface area contributed by atoms with Crippen LogP contribution in [0.25, 0.3) is 0 Å². The zero-order valence-electron chi connectivity index (χ0n) is 14.2. The Balaban J connectivity index is 1.70. The summed E-state index contributed by atoms with van der Waals surface area (Å²) in [5.74, 6) is 0.406. The topological polar surface area (TPSA) is 12.4 Å². The molecule has 0 saturated heterocycles. The average molecular weight is 376 g/mol. The minimum absolute atomic E-state index is 0.350. The molecule has 1 nitrogen and oxygen atoms in total. The second-order valence-electron chi connectivity index (χ2n) is 6.86. The van der Waals surface area contributed by atoms with Gasteiger partial charge in [0.1, 0.15) is 0 Å². The van der Waals surface area contributed by atoms with Gasteiger partial charge in [0.2, 0.25) is 0 Å². The fraction of sp³-hybridized carbons (Fsp3) is 0.174. The van der Waals surface area contributed by atoms with Gasteiger partial charge in [0.05, 0.1) is 11.4 Å².